The Labute approximate surface area is 121 Å². The van der Waals surface area contributed by atoms with Crippen LogP contribution in [0, 0.1) is 0 Å². The van der Waals surface area contributed by atoms with E-state index in [1.165, 1.54) is 19.2 Å². The van der Waals surface area contributed by atoms with Crippen molar-refractivity contribution in [3.05, 3.63) is 28.0 Å². The molecule has 1 aliphatic heterocycles. The van der Waals surface area contributed by atoms with Crippen molar-refractivity contribution in [1.82, 2.24) is 14.8 Å². The van der Waals surface area contributed by atoms with Crippen LogP contribution < -0.4 is 0 Å². The van der Waals surface area contributed by atoms with Gasteiger partial charge < -0.3 is 9.80 Å². The molecule has 1 aliphatic rings. The van der Waals surface area contributed by atoms with Gasteiger partial charge in [0, 0.05) is 39.3 Å². The molecule has 0 N–H and O–H groups in total. The summed E-state index contributed by atoms with van der Waals surface area (Å²) in [7, 11) is 0. The highest BCUT2D eigenvalue weighted by Crippen LogP contribution is 2.20. The van der Waals surface area contributed by atoms with Crippen molar-refractivity contribution in [1.29, 1.82) is 0 Å². The predicted molar refractivity (Wildman–Crippen MR) is 72.4 cm³/mol. The standard InChI is InChI=1S/C12H13Cl2N3O2/c1-8(18)16-2-4-17(5-3-16)12(19)9-6-11(14)15-7-10(9)13/h6-7H,2-5H2,1H3. The van der Waals surface area contributed by atoms with Gasteiger partial charge in [0.25, 0.3) is 5.91 Å². The zero-order valence-electron chi connectivity index (χ0n) is 10.4. The molecule has 1 aromatic heterocycles. The number of pyridine rings is 1. The molecule has 0 unspecified atom stereocenters. The Morgan fingerprint density at radius 3 is 2.32 bits per heavy atom. The summed E-state index contributed by atoms with van der Waals surface area (Å²) >= 11 is 11.7. The minimum atomic E-state index is -0.183. The van der Waals surface area contributed by atoms with Gasteiger partial charge in [-0.15, -0.1) is 0 Å². The zero-order valence-corrected chi connectivity index (χ0v) is 11.9. The highest BCUT2D eigenvalue weighted by Gasteiger charge is 2.24. The lowest BCUT2D eigenvalue weighted by Crippen LogP contribution is -2.50. The van der Waals surface area contributed by atoms with Gasteiger partial charge in [0.1, 0.15) is 5.15 Å². The quantitative estimate of drug-likeness (QED) is 0.742. The Balaban J connectivity index is 2.09. The highest BCUT2D eigenvalue weighted by atomic mass is 35.5. The van der Waals surface area contributed by atoms with Crippen LogP contribution in [0.2, 0.25) is 10.2 Å². The van der Waals surface area contributed by atoms with Crippen LogP contribution in [0.3, 0.4) is 0 Å². The fourth-order valence-corrected chi connectivity index (χ4v) is 2.31. The van der Waals surface area contributed by atoms with Crippen LogP contribution in [0.4, 0.5) is 0 Å². The second-order valence-electron chi connectivity index (χ2n) is 4.29. The smallest absolute Gasteiger partial charge is 0.255 e. The fourth-order valence-electron chi connectivity index (χ4n) is 1.97. The largest absolute Gasteiger partial charge is 0.339 e. The Bertz CT molecular complexity index is 514. The lowest BCUT2D eigenvalue weighted by molar-refractivity contribution is -0.130. The minimum Gasteiger partial charge on any atom is -0.339 e. The van der Waals surface area contributed by atoms with E-state index in [0.29, 0.717) is 31.7 Å². The third kappa shape index (κ3) is 3.16. The van der Waals surface area contributed by atoms with E-state index in [9.17, 15) is 9.59 Å². The van der Waals surface area contributed by atoms with Gasteiger partial charge in [-0.2, -0.15) is 0 Å². The summed E-state index contributed by atoms with van der Waals surface area (Å²) < 4.78 is 0. The molecule has 2 rings (SSSR count). The van der Waals surface area contributed by atoms with Crippen LogP contribution in [0.25, 0.3) is 0 Å². The van der Waals surface area contributed by atoms with Gasteiger partial charge in [-0.1, -0.05) is 23.2 Å². The summed E-state index contributed by atoms with van der Waals surface area (Å²) in [6.07, 6.45) is 1.36. The van der Waals surface area contributed by atoms with Crippen LogP contribution in [-0.4, -0.2) is 52.8 Å². The maximum absolute atomic E-state index is 12.3. The van der Waals surface area contributed by atoms with Crippen molar-refractivity contribution in [2.75, 3.05) is 26.2 Å². The molecular formula is C12H13Cl2N3O2. The number of rotatable bonds is 1. The lowest BCUT2D eigenvalue weighted by atomic mass is 10.2. The van der Waals surface area contributed by atoms with Gasteiger partial charge in [0.05, 0.1) is 10.6 Å². The number of amides is 2. The number of carbonyl (C=O) groups excluding carboxylic acids is 2. The van der Waals surface area contributed by atoms with Crippen molar-refractivity contribution in [2.24, 2.45) is 0 Å². The Morgan fingerprint density at radius 1 is 1.16 bits per heavy atom. The molecule has 1 saturated heterocycles. The van der Waals surface area contributed by atoms with Crippen molar-refractivity contribution in [2.45, 2.75) is 6.92 Å². The lowest BCUT2D eigenvalue weighted by Gasteiger charge is -2.34. The number of hydrogen-bond acceptors (Lipinski definition) is 3. The first kappa shape index (κ1) is 14.1. The van der Waals surface area contributed by atoms with Crippen molar-refractivity contribution >= 4 is 35.0 Å². The van der Waals surface area contributed by atoms with E-state index in [1.807, 2.05) is 0 Å². The molecule has 2 amide bonds. The number of halogens is 2. The third-order valence-corrected chi connectivity index (χ3v) is 3.57. The Morgan fingerprint density at radius 2 is 1.74 bits per heavy atom. The maximum atomic E-state index is 12.3. The molecule has 0 bridgehead atoms. The Kier molecular flexibility index (Phi) is 4.27. The topological polar surface area (TPSA) is 53.5 Å². The molecule has 1 fully saturated rings. The summed E-state index contributed by atoms with van der Waals surface area (Å²) in [5, 5.41) is 0.513. The average molecular weight is 302 g/mol. The molecule has 0 atom stereocenters. The monoisotopic (exact) mass is 301 g/mol. The van der Waals surface area contributed by atoms with Crippen LogP contribution >= 0.6 is 23.2 Å². The van der Waals surface area contributed by atoms with E-state index in [2.05, 4.69) is 4.98 Å². The fraction of sp³-hybridized carbons (Fsp3) is 0.417. The van der Waals surface area contributed by atoms with E-state index < -0.39 is 0 Å². The van der Waals surface area contributed by atoms with Crippen molar-refractivity contribution in [3.63, 3.8) is 0 Å². The summed E-state index contributed by atoms with van der Waals surface area (Å²) in [6, 6.07) is 1.46. The molecule has 7 heteroatoms. The third-order valence-electron chi connectivity index (χ3n) is 3.06. The van der Waals surface area contributed by atoms with E-state index in [0.717, 1.165) is 0 Å². The van der Waals surface area contributed by atoms with Crippen LogP contribution in [0.1, 0.15) is 17.3 Å². The SMILES string of the molecule is CC(=O)N1CCN(C(=O)c2cc(Cl)ncc2Cl)CC1. The van der Waals surface area contributed by atoms with E-state index in [1.54, 1.807) is 9.80 Å². The first-order valence-electron chi connectivity index (χ1n) is 5.85. The molecule has 1 aromatic rings. The molecular weight excluding hydrogens is 289 g/mol. The highest BCUT2D eigenvalue weighted by molar-refractivity contribution is 6.35. The predicted octanol–water partition coefficient (Wildman–Crippen LogP) is 1.69. The molecule has 0 radical (unpaired) electrons. The normalized spacial score (nSPS) is 15.5. The molecule has 2 heterocycles. The van der Waals surface area contributed by atoms with Gasteiger partial charge >= 0.3 is 0 Å². The molecule has 0 saturated carbocycles. The van der Waals surface area contributed by atoms with E-state index in [4.69, 9.17) is 23.2 Å². The van der Waals surface area contributed by atoms with Gasteiger partial charge in [-0.3, -0.25) is 9.59 Å². The van der Waals surface area contributed by atoms with Gasteiger partial charge in [0.15, 0.2) is 0 Å². The van der Waals surface area contributed by atoms with E-state index >= 15 is 0 Å². The van der Waals surface area contributed by atoms with Crippen LogP contribution in [0.5, 0.6) is 0 Å². The number of piperazine rings is 1. The average Bonchev–Trinajstić information content (AvgIpc) is 2.41. The maximum Gasteiger partial charge on any atom is 0.255 e. The molecule has 0 aromatic carbocycles. The molecule has 19 heavy (non-hydrogen) atoms. The van der Waals surface area contributed by atoms with Gasteiger partial charge in [-0.25, -0.2) is 4.98 Å². The second kappa shape index (κ2) is 5.75. The molecule has 0 spiro atoms. The van der Waals surface area contributed by atoms with Crippen molar-refractivity contribution < 1.29 is 9.59 Å². The summed E-state index contributed by atoms with van der Waals surface area (Å²) in [4.78, 5) is 30.7. The molecule has 102 valence electrons. The number of carbonyl (C=O) groups is 2. The molecule has 5 nitrogen and oxygen atoms in total. The second-order valence-corrected chi connectivity index (χ2v) is 5.08. The summed E-state index contributed by atoms with van der Waals surface area (Å²) in [5.74, 6) is -0.158. The summed E-state index contributed by atoms with van der Waals surface area (Å²) in [6.45, 7) is 3.59. The number of nitrogens with zero attached hydrogens (tertiary/aromatic N) is 3. The number of hydrogen-bond donors (Lipinski definition) is 0. The van der Waals surface area contributed by atoms with Crippen LogP contribution in [-0.2, 0) is 4.79 Å². The van der Waals surface area contributed by atoms with Gasteiger partial charge in [0.2, 0.25) is 5.91 Å². The Hall–Kier alpha value is -1.33. The van der Waals surface area contributed by atoms with Crippen molar-refractivity contribution in [3.8, 4) is 0 Å². The van der Waals surface area contributed by atoms with Gasteiger partial charge in [-0.05, 0) is 6.07 Å². The first-order chi connectivity index (χ1) is 8.99. The van der Waals surface area contributed by atoms with Crippen LogP contribution in [0.15, 0.2) is 12.3 Å². The minimum absolute atomic E-state index is 0.0251. The zero-order chi connectivity index (χ0) is 14.0. The summed E-state index contributed by atoms with van der Waals surface area (Å²) in [5.41, 5.74) is 0.345. The van der Waals surface area contributed by atoms with E-state index in [-0.39, 0.29) is 22.0 Å². The number of aromatic nitrogens is 1. The first-order valence-corrected chi connectivity index (χ1v) is 6.60. The molecule has 0 aliphatic carbocycles.